The number of fused-ring (bicyclic) bond motifs is 1. The predicted molar refractivity (Wildman–Crippen MR) is 133 cm³/mol. The molecule has 4 rings (SSSR count). The number of nitrogens with zero attached hydrogens (tertiary/aromatic N) is 2. The molecular formula is C24H21FN4O4S2. The number of nitrogens with one attached hydrogen (secondary N) is 1. The lowest BCUT2D eigenvalue weighted by molar-refractivity contribution is -0.113. The molecule has 0 saturated heterocycles. The van der Waals surface area contributed by atoms with Gasteiger partial charge in [-0.15, -0.1) is 0 Å². The van der Waals surface area contributed by atoms with E-state index in [0.717, 1.165) is 17.3 Å². The van der Waals surface area contributed by atoms with Crippen molar-refractivity contribution in [2.24, 2.45) is 5.14 Å². The van der Waals surface area contributed by atoms with Gasteiger partial charge >= 0.3 is 0 Å². The van der Waals surface area contributed by atoms with Crippen LogP contribution in [0.4, 0.5) is 10.1 Å². The summed E-state index contributed by atoms with van der Waals surface area (Å²) >= 11 is 1.12. The van der Waals surface area contributed by atoms with Gasteiger partial charge in [0.2, 0.25) is 15.9 Å². The summed E-state index contributed by atoms with van der Waals surface area (Å²) in [5, 5.41) is 8.66. The fourth-order valence-electron chi connectivity index (χ4n) is 3.40. The van der Waals surface area contributed by atoms with Crippen molar-refractivity contribution in [3.05, 3.63) is 94.5 Å². The first-order chi connectivity index (χ1) is 16.7. The third-order valence-electron chi connectivity index (χ3n) is 5.16. The monoisotopic (exact) mass is 512 g/mol. The highest BCUT2D eigenvalue weighted by molar-refractivity contribution is 7.99. The van der Waals surface area contributed by atoms with Crippen molar-refractivity contribution in [1.82, 2.24) is 9.55 Å². The van der Waals surface area contributed by atoms with Gasteiger partial charge in [0.15, 0.2) is 5.16 Å². The van der Waals surface area contributed by atoms with E-state index in [0.29, 0.717) is 28.2 Å². The number of hydrogen-bond acceptors (Lipinski definition) is 6. The Labute approximate surface area is 205 Å². The summed E-state index contributed by atoms with van der Waals surface area (Å²) in [5.41, 5.74) is 1.55. The van der Waals surface area contributed by atoms with Crippen LogP contribution in [0, 0.1) is 5.82 Å². The molecule has 3 aromatic carbocycles. The first-order valence-corrected chi connectivity index (χ1v) is 13.0. The fraction of sp³-hybridized carbons (Fsp3) is 0.125. The highest BCUT2D eigenvalue weighted by atomic mass is 32.2. The standard InChI is InChI=1S/C24H21FN4O4S2/c25-17-7-9-18(10-8-17)27-22(30)15-34-24-28-21-4-2-1-3-20(21)23(31)29(24)14-13-16-5-11-19(12-6-16)35(26,32)33/h1-12H,13-15H2,(H,27,30)(H2,26,32,33). The van der Waals surface area contributed by atoms with Crippen LogP contribution in [0.2, 0.25) is 0 Å². The van der Waals surface area contributed by atoms with Crippen molar-refractivity contribution >= 4 is 44.3 Å². The number of rotatable bonds is 8. The second-order valence-corrected chi connectivity index (χ2v) is 10.2. The van der Waals surface area contributed by atoms with Crippen LogP contribution in [0.5, 0.6) is 0 Å². The number of aromatic nitrogens is 2. The number of nitrogens with two attached hydrogens (primary N) is 1. The molecule has 4 aromatic rings. The molecule has 0 spiro atoms. The van der Waals surface area contributed by atoms with Crippen molar-refractivity contribution in [3.63, 3.8) is 0 Å². The second-order valence-electron chi connectivity index (χ2n) is 7.65. The molecule has 3 N–H and O–H groups in total. The van der Waals surface area contributed by atoms with E-state index in [2.05, 4.69) is 10.3 Å². The minimum atomic E-state index is -3.79. The maximum absolute atomic E-state index is 13.2. The van der Waals surface area contributed by atoms with Crippen molar-refractivity contribution in [3.8, 4) is 0 Å². The van der Waals surface area contributed by atoms with Crippen LogP contribution < -0.4 is 16.0 Å². The van der Waals surface area contributed by atoms with E-state index in [1.807, 2.05) is 0 Å². The summed E-state index contributed by atoms with van der Waals surface area (Å²) in [7, 11) is -3.79. The maximum Gasteiger partial charge on any atom is 0.262 e. The van der Waals surface area contributed by atoms with Crippen molar-refractivity contribution in [1.29, 1.82) is 0 Å². The quantitative estimate of drug-likeness (QED) is 0.276. The van der Waals surface area contributed by atoms with Crippen LogP contribution in [0.1, 0.15) is 5.56 Å². The molecule has 8 nitrogen and oxygen atoms in total. The minimum absolute atomic E-state index is 0.00852. The number of carbonyl (C=O) groups excluding carboxylic acids is 1. The van der Waals surface area contributed by atoms with E-state index in [1.165, 1.54) is 41.0 Å². The maximum atomic E-state index is 13.2. The number of halogens is 1. The average molecular weight is 513 g/mol. The number of sulfonamides is 1. The summed E-state index contributed by atoms with van der Waals surface area (Å²) < 4.78 is 37.5. The van der Waals surface area contributed by atoms with Crippen molar-refractivity contribution in [2.75, 3.05) is 11.1 Å². The molecule has 0 radical (unpaired) electrons. The first kappa shape index (κ1) is 24.6. The summed E-state index contributed by atoms with van der Waals surface area (Å²) in [6.45, 7) is 0.271. The molecule has 1 amide bonds. The molecule has 0 atom stereocenters. The lowest BCUT2D eigenvalue weighted by Crippen LogP contribution is -2.25. The van der Waals surface area contributed by atoms with Crippen LogP contribution in [0.15, 0.2) is 87.6 Å². The Bertz CT molecular complexity index is 1540. The summed E-state index contributed by atoms with van der Waals surface area (Å²) in [6.07, 6.45) is 0.431. The average Bonchev–Trinajstić information content (AvgIpc) is 2.83. The first-order valence-electron chi connectivity index (χ1n) is 10.5. The number of amides is 1. The molecule has 11 heteroatoms. The Morgan fingerprint density at radius 2 is 1.71 bits per heavy atom. The second kappa shape index (κ2) is 10.4. The van der Waals surface area contributed by atoms with E-state index in [-0.39, 0.29) is 28.7 Å². The molecule has 0 saturated carbocycles. The lowest BCUT2D eigenvalue weighted by Gasteiger charge is -2.13. The van der Waals surface area contributed by atoms with Crippen LogP contribution >= 0.6 is 11.8 Å². The molecule has 180 valence electrons. The third-order valence-corrected chi connectivity index (χ3v) is 7.07. The summed E-state index contributed by atoms with van der Waals surface area (Å²) in [6, 6.07) is 18.5. The Morgan fingerprint density at radius 3 is 2.40 bits per heavy atom. The molecular weight excluding hydrogens is 491 g/mol. The Morgan fingerprint density at radius 1 is 1.03 bits per heavy atom. The van der Waals surface area contributed by atoms with Gasteiger partial charge in [-0.05, 0) is 60.5 Å². The SMILES string of the molecule is NS(=O)(=O)c1ccc(CCn2c(SCC(=O)Nc3ccc(F)cc3)nc3ccccc3c2=O)cc1. The van der Waals surface area contributed by atoms with Crippen molar-refractivity contribution in [2.45, 2.75) is 23.0 Å². The molecule has 35 heavy (non-hydrogen) atoms. The van der Waals surface area contributed by atoms with Gasteiger partial charge < -0.3 is 5.32 Å². The van der Waals surface area contributed by atoms with Gasteiger partial charge in [-0.3, -0.25) is 14.2 Å². The topological polar surface area (TPSA) is 124 Å². The molecule has 0 unspecified atom stereocenters. The highest BCUT2D eigenvalue weighted by Crippen LogP contribution is 2.19. The molecule has 0 bridgehead atoms. The van der Waals surface area contributed by atoms with Gasteiger partial charge in [-0.1, -0.05) is 36.0 Å². The smallest absolute Gasteiger partial charge is 0.262 e. The number of anilines is 1. The number of hydrogen-bond donors (Lipinski definition) is 2. The Balaban J connectivity index is 1.54. The number of primary sulfonamides is 1. The van der Waals surface area contributed by atoms with Crippen molar-refractivity contribution < 1.29 is 17.6 Å². The van der Waals surface area contributed by atoms with Gasteiger partial charge in [0.25, 0.3) is 5.56 Å². The zero-order valence-corrected chi connectivity index (χ0v) is 20.0. The Kier molecular flexibility index (Phi) is 7.29. The van der Waals surface area contributed by atoms with Gasteiger partial charge in [0, 0.05) is 12.2 Å². The van der Waals surface area contributed by atoms with Gasteiger partial charge in [-0.25, -0.2) is 22.9 Å². The zero-order valence-electron chi connectivity index (χ0n) is 18.3. The normalized spacial score (nSPS) is 11.5. The van der Waals surface area contributed by atoms with Gasteiger partial charge in [-0.2, -0.15) is 0 Å². The number of thioether (sulfide) groups is 1. The molecule has 1 heterocycles. The molecule has 0 aliphatic carbocycles. The Hall–Kier alpha value is -3.54. The lowest BCUT2D eigenvalue weighted by atomic mass is 10.1. The predicted octanol–water partition coefficient (Wildman–Crippen LogP) is 3.16. The highest BCUT2D eigenvalue weighted by Gasteiger charge is 2.14. The number of para-hydroxylation sites is 1. The largest absolute Gasteiger partial charge is 0.325 e. The number of benzene rings is 3. The van der Waals surface area contributed by atoms with E-state index in [4.69, 9.17) is 5.14 Å². The van der Waals surface area contributed by atoms with Gasteiger partial charge in [0.05, 0.1) is 21.6 Å². The van der Waals surface area contributed by atoms with Crippen LogP contribution in [0.3, 0.4) is 0 Å². The van der Waals surface area contributed by atoms with Gasteiger partial charge in [0.1, 0.15) is 5.82 Å². The zero-order chi connectivity index (χ0) is 25.0. The van der Waals surface area contributed by atoms with E-state index in [9.17, 15) is 22.4 Å². The molecule has 0 aliphatic rings. The van der Waals surface area contributed by atoms with E-state index >= 15 is 0 Å². The number of carbonyl (C=O) groups is 1. The molecule has 1 aromatic heterocycles. The third kappa shape index (κ3) is 6.13. The van der Waals surface area contributed by atoms with Crippen LogP contribution in [-0.4, -0.2) is 29.6 Å². The van der Waals surface area contributed by atoms with Crippen LogP contribution in [-0.2, 0) is 27.8 Å². The number of aryl methyl sites for hydroxylation is 1. The molecule has 0 fully saturated rings. The fourth-order valence-corrected chi connectivity index (χ4v) is 4.74. The van der Waals surface area contributed by atoms with E-state index in [1.54, 1.807) is 36.4 Å². The summed E-state index contributed by atoms with van der Waals surface area (Å²) in [5.74, 6) is -0.735. The minimum Gasteiger partial charge on any atom is -0.325 e. The summed E-state index contributed by atoms with van der Waals surface area (Å²) in [4.78, 5) is 30.2. The van der Waals surface area contributed by atoms with Crippen LogP contribution in [0.25, 0.3) is 10.9 Å². The van der Waals surface area contributed by atoms with E-state index < -0.39 is 15.8 Å². The molecule has 0 aliphatic heterocycles.